The van der Waals surface area contributed by atoms with Gasteiger partial charge in [0.1, 0.15) is 16.3 Å². The van der Waals surface area contributed by atoms with Crippen LogP contribution in [0.15, 0.2) is 12.3 Å². The summed E-state index contributed by atoms with van der Waals surface area (Å²) < 4.78 is 51.5. The molecule has 0 unspecified atom stereocenters. The van der Waals surface area contributed by atoms with E-state index >= 15 is 0 Å². The fourth-order valence-electron chi connectivity index (χ4n) is 3.07. The number of anilines is 1. The van der Waals surface area contributed by atoms with Gasteiger partial charge in [-0.2, -0.15) is 13.2 Å². The third-order valence-corrected chi connectivity index (χ3v) is 4.60. The number of esters is 1. The van der Waals surface area contributed by atoms with Crippen molar-refractivity contribution in [2.45, 2.75) is 51.9 Å². The van der Waals surface area contributed by atoms with Gasteiger partial charge in [-0.05, 0) is 40.2 Å². The predicted octanol–water partition coefficient (Wildman–Crippen LogP) is 4.51. The number of halogens is 4. The number of carbonyl (C=O) groups excluding carboxylic acids is 2. The van der Waals surface area contributed by atoms with Gasteiger partial charge in [-0.25, -0.2) is 14.6 Å². The van der Waals surface area contributed by atoms with Crippen molar-refractivity contribution in [3.05, 3.63) is 23.0 Å². The lowest BCUT2D eigenvalue weighted by atomic mass is 9.91. The number of alkyl halides is 3. The average molecular weight is 452 g/mol. The quantitative estimate of drug-likeness (QED) is 0.536. The summed E-state index contributed by atoms with van der Waals surface area (Å²) >= 11 is 5.87. The molecule has 0 saturated carbocycles. The van der Waals surface area contributed by atoms with Crippen molar-refractivity contribution in [3.8, 4) is 0 Å². The second-order valence-electron chi connectivity index (χ2n) is 7.89. The zero-order chi connectivity index (χ0) is 22.7. The molecule has 0 radical (unpaired) electrons. The normalized spacial score (nSPS) is 19.9. The molecule has 168 valence electrons. The first-order valence-electron chi connectivity index (χ1n) is 9.45. The van der Waals surface area contributed by atoms with Gasteiger partial charge in [-0.15, -0.1) is 0 Å². The number of pyridine rings is 1. The number of hydrogen-bond acceptors (Lipinski definition) is 6. The van der Waals surface area contributed by atoms with Gasteiger partial charge in [-0.1, -0.05) is 11.6 Å². The lowest BCUT2D eigenvalue weighted by molar-refractivity contribution is -0.187. The van der Waals surface area contributed by atoms with Crippen LogP contribution in [0.4, 0.5) is 23.7 Å². The first-order valence-corrected chi connectivity index (χ1v) is 9.83. The molecule has 1 amide bonds. The Kier molecular flexibility index (Phi) is 7.44. The van der Waals surface area contributed by atoms with Crippen LogP contribution in [0.2, 0.25) is 5.15 Å². The van der Waals surface area contributed by atoms with Gasteiger partial charge >= 0.3 is 18.2 Å². The third-order valence-electron chi connectivity index (χ3n) is 4.39. The van der Waals surface area contributed by atoms with E-state index in [4.69, 9.17) is 21.1 Å². The van der Waals surface area contributed by atoms with E-state index in [1.165, 1.54) is 6.07 Å². The van der Waals surface area contributed by atoms with Crippen LogP contribution in [0.3, 0.4) is 0 Å². The molecule has 0 spiro atoms. The van der Waals surface area contributed by atoms with Gasteiger partial charge < -0.3 is 19.7 Å². The topological polar surface area (TPSA) is 80.8 Å². The van der Waals surface area contributed by atoms with Crippen LogP contribution in [0, 0.1) is 5.92 Å². The number of piperidine rings is 1. The van der Waals surface area contributed by atoms with Crippen LogP contribution in [0.5, 0.6) is 0 Å². The summed E-state index contributed by atoms with van der Waals surface area (Å²) in [6, 6.07) is 0.192. The Labute approximate surface area is 177 Å². The minimum absolute atomic E-state index is 0.00831. The Morgan fingerprint density at radius 3 is 2.57 bits per heavy atom. The SMILES string of the molecule is CCOC(=O)c1cnc(Cl)cc1N[C@@H]1CCN(C(=O)OC(C)(C)C)C[C@@H]1C(F)(F)F. The fraction of sp³-hybridized carbons (Fsp3) is 0.632. The van der Waals surface area contributed by atoms with Crippen molar-refractivity contribution >= 4 is 29.4 Å². The highest BCUT2D eigenvalue weighted by molar-refractivity contribution is 6.29. The van der Waals surface area contributed by atoms with E-state index in [0.717, 1.165) is 11.1 Å². The molecule has 2 atom stereocenters. The van der Waals surface area contributed by atoms with Crippen molar-refractivity contribution in [2.75, 3.05) is 25.0 Å². The maximum absolute atomic E-state index is 13.8. The molecule has 1 aromatic heterocycles. The Bertz CT molecular complexity index is 783. The molecule has 0 bridgehead atoms. The zero-order valence-electron chi connectivity index (χ0n) is 17.2. The number of amides is 1. The van der Waals surface area contributed by atoms with E-state index in [0.29, 0.717) is 0 Å². The molecule has 1 N–H and O–H groups in total. The predicted molar refractivity (Wildman–Crippen MR) is 105 cm³/mol. The molecule has 2 rings (SSSR count). The number of hydrogen-bond donors (Lipinski definition) is 1. The van der Waals surface area contributed by atoms with Crippen LogP contribution in [-0.2, 0) is 9.47 Å². The van der Waals surface area contributed by atoms with Gasteiger partial charge in [0.2, 0.25) is 0 Å². The highest BCUT2D eigenvalue weighted by atomic mass is 35.5. The summed E-state index contributed by atoms with van der Waals surface area (Å²) in [7, 11) is 0. The second-order valence-corrected chi connectivity index (χ2v) is 8.27. The summed E-state index contributed by atoms with van der Waals surface area (Å²) in [5.41, 5.74) is -0.738. The van der Waals surface area contributed by atoms with Crippen LogP contribution in [0.25, 0.3) is 0 Å². The first kappa shape index (κ1) is 24.0. The maximum Gasteiger partial charge on any atom is 0.410 e. The fourth-order valence-corrected chi connectivity index (χ4v) is 3.23. The van der Waals surface area contributed by atoms with Crippen LogP contribution in [-0.4, -0.2) is 59.5 Å². The van der Waals surface area contributed by atoms with Crippen molar-refractivity contribution in [3.63, 3.8) is 0 Å². The third kappa shape index (κ3) is 6.38. The summed E-state index contributed by atoms with van der Waals surface area (Å²) in [6.07, 6.45) is -4.24. The van der Waals surface area contributed by atoms with Gasteiger partial charge in [-0.3, -0.25) is 0 Å². The first-order chi connectivity index (χ1) is 13.8. The van der Waals surface area contributed by atoms with Crippen LogP contribution in [0.1, 0.15) is 44.5 Å². The van der Waals surface area contributed by atoms with E-state index in [2.05, 4.69) is 10.3 Å². The van der Waals surface area contributed by atoms with Crippen molar-refractivity contribution in [1.29, 1.82) is 0 Å². The van der Waals surface area contributed by atoms with Crippen molar-refractivity contribution in [2.24, 2.45) is 5.92 Å². The second kappa shape index (κ2) is 9.28. The molecular formula is C19H25ClF3N3O4. The van der Waals surface area contributed by atoms with Crippen LogP contribution < -0.4 is 5.32 Å². The van der Waals surface area contributed by atoms with Gasteiger partial charge in [0.05, 0.1) is 18.2 Å². The average Bonchev–Trinajstić information content (AvgIpc) is 2.60. The largest absolute Gasteiger partial charge is 0.462 e. The van der Waals surface area contributed by atoms with E-state index in [1.54, 1.807) is 27.7 Å². The molecule has 0 aliphatic carbocycles. The molecule has 1 aromatic rings. The summed E-state index contributed by atoms with van der Waals surface area (Å²) in [5.74, 6) is -2.60. The van der Waals surface area contributed by atoms with Gasteiger partial charge in [0, 0.05) is 25.3 Å². The molecule has 1 aliphatic heterocycles. The Hall–Kier alpha value is -2.23. The minimum Gasteiger partial charge on any atom is -0.462 e. The molecule has 1 fully saturated rings. The number of carbonyl (C=O) groups is 2. The van der Waals surface area contributed by atoms with Gasteiger partial charge in [0.15, 0.2) is 0 Å². The number of rotatable bonds is 4. The highest BCUT2D eigenvalue weighted by Gasteiger charge is 2.49. The number of nitrogens with one attached hydrogen (secondary N) is 1. The standard InChI is InChI=1S/C19H25ClF3N3O4/c1-5-29-16(27)11-9-24-15(20)8-14(11)25-13-6-7-26(10-12(13)19(21,22)23)17(28)30-18(2,3)4/h8-9,12-13H,5-7,10H2,1-4H3,(H,24,25)/t12-,13+/m0/s1. The molecule has 2 heterocycles. The zero-order valence-corrected chi connectivity index (χ0v) is 17.9. The van der Waals surface area contributed by atoms with Crippen LogP contribution >= 0.6 is 11.6 Å². The molecular weight excluding hydrogens is 427 g/mol. The Balaban J connectivity index is 2.25. The van der Waals surface area contributed by atoms with Crippen molar-refractivity contribution < 1.29 is 32.2 Å². The Morgan fingerprint density at radius 1 is 1.33 bits per heavy atom. The number of nitrogens with zero attached hydrogens (tertiary/aromatic N) is 2. The molecule has 1 aliphatic rings. The smallest absolute Gasteiger partial charge is 0.410 e. The highest BCUT2D eigenvalue weighted by Crippen LogP contribution is 2.36. The summed E-state index contributed by atoms with van der Waals surface area (Å²) in [4.78, 5) is 29.2. The maximum atomic E-state index is 13.8. The van der Waals surface area contributed by atoms with E-state index in [-0.39, 0.29) is 36.0 Å². The lowest BCUT2D eigenvalue weighted by Crippen LogP contribution is -2.54. The summed E-state index contributed by atoms with van der Waals surface area (Å²) in [5, 5.41) is 2.78. The minimum atomic E-state index is -4.58. The van der Waals surface area contributed by atoms with Gasteiger partial charge in [0.25, 0.3) is 0 Å². The molecule has 1 saturated heterocycles. The van der Waals surface area contributed by atoms with E-state index < -0.39 is 42.3 Å². The molecule has 11 heteroatoms. The van der Waals surface area contributed by atoms with E-state index in [9.17, 15) is 22.8 Å². The number of ether oxygens (including phenoxy) is 2. The number of likely N-dealkylation sites (tertiary alicyclic amines) is 1. The van der Waals surface area contributed by atoms with Crippen molar-refractivity contribution in [1.82, 2.24) is 9.88 Å². The van der Waals surface area contributed by atoms with E-state index in [1.807, 2.05) is 0 Å². The molecule has 30 heavy (non-hydrogen) atoms. The molecule has 7 nitrogen and oxygen atoms in total. The lowest BCUT2D eigenvalue weighted by Gasteiger charge is -2.40. The summed E-state index contributed by atoms with van der Waals surface area (Å²) in [6.45, 7) is 6.14. The molecule has 0 aromatic carbocycles. The number of aromatic nitrogens is 1. The monoisotopic (exact) mass is 451 g/mol. The Morgan fingerprint density at radius 2 is 2.00 bits per heavy atom.